The molecule has 0 spiro atoms. The summed E-state index contributed by atoms with van der Waals surface area (Å²) >= 11 is 0. The number of nitrogens with zero attached hydrogens (tertiary/aromatic N) is 3. The maximum atomic E-state index is 12.8. The highest BCUT2D eigenvalue weighted by Gasteiger charge is 2.19. The Hall–Kier alpha value is -2.66. The lowest BCUT2D eigenvalue weighted by molar-refractivity contribution is -0.123. The summed E-state index contributed by atoms with van der Waals surface area (Å²) in [6.07, 6.45) is 4.35. The third-order valence-electron chi connectivity index (χ3n) is 5.98. The Morgan fingerprint density at radius 3 is 2.76 bits per heavy atom. The Morgan fingerprint density at radius 1 is 1.17 bits per heavy atom. The molecule has 3 aromatic rings. The van der Waals surface area contributed by atoms with Crippen molar-refractivity contribution in [3.05, 3.63) is 66.0 Å². The molecular formula is C24H30N4O. The predicted octanol–water partition coefficient (Wildman–Crippen LogP) is 4.15. The number of imidazole rings is 1. The van der Waals surface area contributed by atoms with Crippen molar-refractivity contribution < 1.29 is 4.79 Å². The van der Waals surface area contributed by atoms with Gasteiger partial charge >= 0.3 is 0 Å². The monoisotopic (exact) mass is 390 g/mol. The summed E-state index contributed by atoms with van der Waals surface area (Å²) in [5.74, 6) is 0.774. The molecule has 1 amide bonds. The Labute approximate surface area is 172 Å². The van der Waals surface area contributed by atoms with E-state index in [-0.39, 0.29) is 11.9 Å². The van der Waals surface area contributed by atoms with Crippen LogP contribution in [0.15, 0.2) is 54.9 Å². The fraction of sp³-hybridized carbons (Fsp3) is 0.417. The van der Waals surface area contributed by atoms with Gasteiger partial charge in [-0.25, -0.2) is 4.98 Å². The summed E-state index contributed by atoms with van der Waals surface area (Å²) in [7, 11) is 0. The lowest BCUT2D eigenvalue weighted by Crippen LogP contribution is -2.34. The van der Waals surface area contributed by atoms with Crippen molar-refractivity contribution in [2.24, 2.45) is 5.92 Å². The summed E-state index contributed by atoms with van der Waals surface area (Å²) in [4.78, 5) is 19.8. The number of benzene rings is 2. The third-order valence-corrected chi connectivity index (χ3v) is 5.98. The number of amides is 1. The molecule has 1 N–H and O–H groups in total. The molecule has 4 rings (SSSR count). The number of fused-ring (bicyclic) bond motifs is 1. The van der Waals surface area contributed by atoms with E-state index in [1.807, 2.05) is 35.8 Å². The van der Waals surface area contributed by atoms with Crippen LogP contribution in [0.1, 0.15) is 43.9 Å². The fourth-order valence-electron chi connectivity index (χ4n) is 4.30. The molecule has 0 bridgehead atoms. The first-order chi connectivity index (χ1) is 14.1. The number of nitrogens with one attached hydrogen (secondary N) is 1. The van der Waals surface area contributed by atoms with Crippen LogP contribution in [0.4, 0.5) is 0 Å². The number of aromatic nitrogens is 2. The first-order valence-corrected chi connectivity index (χ1v) is 10.6. The summed E-state index contributed by atoms with van der Waals surface area (Å²) < 4.78 is 1.94. The second-order valence-corrected chi connectivity index (χ2v) is 8.29. The summed E-state index contributed by atoms with van der Waals surface area (Å²) in [5.41, 5.74) is 4.40. The third kappa shape index (κ3) is 4.51. The summed E-state index contributed by atoms with van der Waals surface area (Å²) in [6, 6.07) is 16.1. The first-order valence-electron chi connectivity index (χ1n) is 10.6. The van der Waals surface area contributed by atoms with Gasteiger partial charge in [0.15, 0.2) is 0 Å². The molecule has 0 radical (unpaired) electrons. The van der Waals surface area contributed by atoms with Gasteiger partial charge < -0.3 is 9.88 Å². The van der Waals surface area contributed by atoms with Crippen LogP contribution >= 0.6 is 0 Å². The molecule has 1 aliphatic heterocycles. The maximum absolute atomic E-state index is 12.8. The molecule has 1 aromatic heterocycles. The lowest BCUT2D eigenvalue weighted by Gasteiger charge is -2.31. The number of likely N-dealkylation sites (tertiary alicyclic amines) is 1. The molecule has 5 nitrogen and oxygen atoms in total. The molecular weight excluding hydrogens is 360 g/mol. The molecule has 0 aliphatic carbocycles. The average Bonchev–Trinajstić information content (AvgIpc) is 3.16. The van der Waals surface area contributed by atoms with Crippen LogP contribution in [0.5, 0.6) is 0 Å². The van der Waals surface area contributed by atoms with E-state index in [9.17, 15) is 4.79 Å². The molecule has 5 heteroatoms. The van der Waals surface area contributed by atoms with E-state index in [1.54, 1.807) is 6.33 Å². The number of carbonyl (C=O) groups excluding carboxylic acids is 1. The molecule has 0 saturated carbocycles. The van der Waals surface area contributed by atoms with Crippen molar-refractivity contribution in [3.63, 3.8) is 0 Å². The molecule has 152 valence electrons. The number of hydrogen-bond donors (Lipinski definition) is 1. The second kappa shape index (κ2) is 8.78. The molecule has 29 heavy (non-hydrogen) atoms. The van der Waals surface area contributed by atoms with Crippen molar-refractivity contribution in [1.82, 2.24) is 19.8 Å². The molecule has 2 aromatic carbocycles. The van der Waals surface area contributed by atoms with E-state index >= 15 is 0 Å². The van der Waals surface area contributed by atoms with Gasteiger partial charge in [-0.3, -0.25) is 9.69 Å². The molecule has 1 saturated heterocycles. The van der Waals surface area contributed by atoms with E-state index in [4.69, 9.17) is 0 Å². The molecule has 1 aliphatic rings. The highest BCUT2D eigenvalue weighted by molar-refractivity contribution is 5.83. The van der Waals surface area contributed by atoms with Gasteiger partial charge in [-0.15, -0.1) is 0 Å². The number of carbonyl (C=O) groups is 1. The lowest BCUT2D eigenvalue weighted by atomic mass is 9.99. The van der Waals surface area contributed by atoms with Gasteiger partial charge in [-0.1, -0.05) is 43.3 Å². The van der Waals surface area contributed by atoms with Gasteiger partial charge in [0.2, 0.25) is 5.91 Å². The molecule has 2 heterocycles. The zero-order valence-electron chi connectivity index (χ0n) is 17.3. The minimum Gasteiger partial charge on any atom is -0.350 e. The van der Waals surface area contributed by atoms with Crippen LogP contribution in [0.25, 0.3) is 11.0 Å². The largest absolute Gasteiger partial charge is 0.350 e. The molecule has 1 fully saturated rings. The van der Waals surface area contributed by atoms with Crippen molar-refractivity contribution in [2.45, 2.75) is 45.8 Å². The maximum Gasteiger partial charge on any atom is 0.243 e. The summed E-state index contributed by atoms with van der Waals surface area (Å²) in [6.45, 7) is 8.08. The van der Waals surface area contributed by atoms with Gasteiger partial charge in [0.05, 0.1) is 17.4 Å². The van der Waals surface area contributed by atoms with Crippen molar-refractivity contribution in [1.29, 1.82) is 0 Å². The van der Waals surface area contributed by atoms with Crippen LogP contribution in [0.3, 0.4) is 0 Å². The topological polar surface area (TPSA) is 50.2 Å². The minimum atomic E-state index is -0.308. The molecule has 0 unspecified atom stereocenters. The number of para-hydroxylation sites is 2. The van der Waals surface area contributed by atoms with E-state index < -0.39 is 0 Å². The van der Waals surface area contributed by atoms with Crippen LogP contribution in [-0.4, -0.2) is 33.4 Å². The van der Waals surface area contributed by atoms with Crippen LogP contribution in [-0.2, 0) is 17.9 Å². The predicted molar refractivity (Wildman–Crippen MR) is 116 cm³/mol. The normalized spacial score (nSPS) is 18.6. The standard InChI is InChI=1S/C24H30N4O/c1-18-8-7-13-27(15-18)16-21-10-4-3-9-20(21)14-25-24(29)19(2)28-17-26-22-11-5-6-12-23(22)28/h3-6,9-12,17-19H,7-8,13-16H2,1-2H3,(H,25,29)/t18-,19+/m1/s1. The van der Waals surface area contributed by atoms with Crippen LogP contribution in [0.2, 0.25) is 0 Å². The SMILES string of the molecule is C[C@@H]1CCCN(Cc2ccccc2CNC(=O)[C@H](C)n2cnc3ccccc32)C1. The van der Waals surface area contributed by atoms with E-state index in [0.29, 0.717) is 6.54 Å². The Balaban J connectivity index is 1.41. The zero-order valence-corrected chi connectivity index (χ0v) is 17.3. The van der Waals surface area contributed by atoms with Gasteiger partial charge in [-0.2, -0.15) is 0 Å². The van der Waals surface area contributed by atoms with Crippen molar-refractivity contribution in [2.75, 3.05) is 13.1 Å². The van der Waals surface area contributed by atoms with Crippen LogP contribution < -0.4 is 5.32 Å². The number of piperidine rings is 1. The zero-order chi connectivity index (χ0) is 20.2. The number of rotatable bonds is 6. The Kier molecular flexibility index (Phi) is 5.95. The van der Waals surface area contributed by atoms with Gasteiger partial charge in [0.25, 0.3) is 0 Å². The molecule has 2 atom stereocenters. The van der Waals surface area contributed by atoms with Crippen molar-refractivity contribution in [3.8, 4) is 0 Å². The van der Waals surface area contributed by atoms with Crippen molar-refractivity contribution >= 4 is 16.9 Å². The minimum absolute atomic E-state index is 0.00884. The fourth-order valence-corrected chi connectivity index (χ4v) is 4.30. The summed E-state index contributed by atoms with van der Waals surface area (Å²) in [5, 5.41) is 3.13. The quantitative estimate of drug-likeness (QED) is 0.688. The smallest absolute Gasteiger partial charge is 0.243 e. The van der Waals surface area contributed by atoms with Gasteiger partial charge in [0.1, 0.15) is 6.04 Å². The Morgan fingerprint density at radius 2 is 1.93 bits per heavy atom. The second-order valence-electron chi connectivity index (χ2n) is 8.29. The highest BCUT2D eigenvalue weighted by Crippen LogP contribution is 2.20. The Bertz CT molecular complexity index is 980. The van der Waals surface area contributed by atoms with E-state index in [1.165, 1.54) is 24.0 Å². The first kappa shape index (κ1) is 19.6. The number of hydrogen-bond acceptors (Lipinski definition) is 3. The van der Waals surface area contributed by atoms with Gasteiger partial charge in [-0.05, 0) is 55.5 Å². The van der Waals surface area contributed by atoms with E-state index in [2.05, 4.69) is 46.4 Å². The van der Waals surface area contributed by atoms with E-state index in [0.717, 1.165) is 36.6 Å². The van der Waals surface area contributed by atoms with Gasteiger partial charge in [0, 0.05) is 19.6 Å². The average molecular weight is 391 g/mol. The van der Waals surface area contributed by atoms with Crippen LogP contribution in [0, 0.1) is 5.92 Å². The highest BCUT2D eigenvalue weighted by atomic mass is 16.2.